The summed E-state index contributed by atoms with van der Waals surface area (Å²) in [5, 5.41) is 0. The van der Waals surface area contributed by atoms with Crippen LogP contribution in [0.1, 0.15) is 23.1 Å². The minimum Gasteiger partial charge on any atom is -0.246 e. The van der Waals surface area contributed by atoms with E-state index in [1.165, 1.54) is 11.5 Å². The monoisotopic (exact) mass is 151 g/mol. The molecule has 0 aliphatic carbocycles. The summed E-state index contributed by atoms with van der Waals surface area (Å²) in [5.41, 5.74) is 1.72. The van der Waals surface area contributed by atoms with Crippen LogP contribution in [-0.4, -0.2) is 10.9 Å². The fourth-order valence-corrected chi connectivity index (χ4v) is 0.958. The molecule has 3 nitrogen and oxygen atoms in total. The average Bonchev–Trinajstić information content (AvgIpc) is 1.85. The third kappa shape index (κ3) is 1.83. The highest BCUT2D eigenvalue weighted by molar-refractivity contribution is 5.63. The van der Waals surface area contributed by atoms with Gasteiger partial charge in [0.1, 0.15) is 11.4 Å². The summed E-state index contributed by atoms with van der Waals surface area (Å²) >= 11 is 0. The zero-order valence-electron chi connectivity index (χ0n) is 6.96. The van der Waals surface area contributed by atoms with Gasteiger partial charge in [-0.1, -0.05) is 0 Å². The lowest BCUT2D eigenvalue weighted by Gasteiger charge is -1.92. The second-order valence-electron chi connectivity index (χ2n) is 2.58. The minimum absolute atomic E-state index is 0.0126. The molecule has 0 bridgehead atoms. The molecule has 0 atom stereocenters. The highest BCUT2D eigenvalue weighted by Gasteiger charge is 2.08. The molecule has 0 saturated heterocycles. The number of nitrogens with zero attached hydrogens (tertiary/aromatic N) is 2. The van der Waals surface area contributed by atoms with Crippen molar-refractivity contribution < 1.29 is 9.36 Å². The van der Waals surface area contributed by atoms with Gasteiger partial charge in [0.25, 0.3) is 0 Å². The van der Waals surface area contributed by atoms with Gasteiger partial charge in [-0.15, -0.1) is 4.57 Å². The summed E-state index contributed by atoms with van der Waals surface area (Å²) in [6.07, 6.45) is 3.44. The maximum absolute atomic E-state index is 10.9. The Kier molecular flexibility index (Phi) is 1.98. The molecular weight excluding hydrogens is 140 g/mol. The van der Waals surface area contributed by atoms with Crippen LogP contribution in [0.2, 0.25) is 0 Å². The molecule has 58 valence electrons. The summed E-state index contributed by atoms with van der Waals surface area (Å²) in [6.45, 7) is 5.26. The largest absolute Gasteiger partial charge is 0.389 e. The molecule has 0 amide bonds. The maximum Gasteiger partial charge on any atom is 0.389 e. The van der Waals surface area contributed by atoms with Crippen molar-refractivity contribution in [2.24, 2.45) is 0 Å². The van der Waals surface area contributed by atoms with Gasteiger partial charge >= 0.3 is 5.91 Å². The zero-order valence-corrected chi connectivity index (χ0v) is 6.96. The molecular formula is C8H11N2O+. The van der Waals surface area contributed by atoms with E-state index in [1.807, 2.05) is 13.8 Å². The van der Waals surface area contributed by atoms with Crippen LogP contribution in [-0.2, 0) is 0 Å². The third-order valence-electron chi connectivity index (χ3n) is 1.37. The van der Waals surface area contributed by atoms with Crippen LogP contribution in [0.25, 0.3) is 0 Å². The Bertz CT molecular complexity index is 274. The maximum atomic E-state index is 10.9. The van der Waals surface area contributed by atoms with Crippen LogP contribution in [0, 0.1) is 13.8 Å². The molecule has 0 N–H and O–H groups in total. The smallest absolute Gasteiger partial charge is 0.246 e. The average molecular weight is 151 g/mol. The summed E-state index contributed by atoms with van der Waals surface area (Å²) in [6, 6.07) is 0. The van der Waals surface area contributed by atoms with Gasteiger partial charge in [0, 0.05) is 0 Å². The molecule has 0 aliphatic heterocycles. The number of carbonyl (C=O) groups excluding carboxylic acids is 1. The van der Waals surface area contributed by atoms with Gasteiger partial charge in [-0.3, -0.25) is 0 Å². The molecule has 11 heavy (non-hydrogen) atoms. The molecule has 1 aromatic heterocycles. The topological polar surface area (TPSA) is 33.8 Å². The lowest BCUT2D eigenvalue weighted by molar-refractivity contribution is -0.574. The Morgan fingerprint density at radius 1 is 1.36 bits per heavy atom. The predicted molar refractivity (Wildman–Crippen MR) is 40.2 cm³/mol. The molecule has 3 heteroatoms. The van der Waals surface area contributed by atoms with Gasteiger partial charge < -0.3 is 0 Å². The van der Waals surface area contributed by atoms with Crippen molar-refractivity contribution in [3.05, 3.63) is 23.8 Å². The van der Waals surface area contributed by atoms with Crippen LogP contribution in [0.5, 0.6) is 0 Å². The molecule has 0 radical (unpaired) electrons. The molecule has 0 spiro atoms. The number of hydrogen-bond donors (Lipinski definition) is 0. The standard InChI is InChI=1S/C8H11N2O/c1-6-4-10(8(3)11)5-7(2)9-6/h4-5H,1-3H3/q+1. The van der Waals surface area contributed by atoms with Gasteiger partial charge in [0.05, 0.1) is 6.92 Å². The molecule has 0 fully saturated rings. The van der Waals surface area contributed by atoms with Gasteiger partial charge in [0.2, 0.25) is 0 Å². The van der Waals surface area contributed by atoms with E-state index in [9.17, 15) is 4.79 Å². The van der Waals surface area contributed by atoms with E-state index in [-0.39, 0.29) is 5.91 Å². The highest BCUT2D eigenvalue weighted by atomic mass is 16.1. The summed E-state index contributed by atoms with van der Waals surface area (Å²) in [5.74, 6) is 0.0126. The second-order valence-corrected chi connectivity index (χ2v) is 2.58. The predicted octanol–water partition coefficient (Wildman–Crippen LogP) is 0.646. The van der Waals surface area contributed by atoms with Crippen LogP contribution >= 0.6 is 0 Å². The molecule has 0 aliphatic rings. The summed E-state index contributed by atoms with van der Waals surface area (Å²) < 4.78 is 1.54. The quantitative estimate of drug-likeness (QED) is 0.510. The van der Waals surface area contributed by atoms with Crippen molar-refractivity contribution >= 4 is 5.91 Å². The molecule has 0 aromatic carbocycles. The minimum atomic E-state index is 0.0126. The van der Waals surface area contributed by atoms with Crippen molar-refractivity contribution in [2.75, 3.05) is 0 Å². The number of rotatable bonds is 0. The lowest BCUT2D eigenvalue weighted by atomic mass is 10.4. The third-order valence-corrected chi connectivity index (χ3v) is 1.37. The zero-order chi connectivity index (χ0) is 8.43. The Morgan fingerprint density at radius 3 is 2.18 bits per heavy atom. The Balaban J connectivity index is 3.19. The number of carbonyl (C=O) groups is 1. The highest BCUT2D eigenvalue weighted by Crippen LogP contribution is 1.89. The van der Waals surface area contributed by atoms with Crippen molar-refractivity contribution in [1.82, 2.24) is 4.98 Å². The molecule has 0 unspecified atom stereocenters. The fourth-order valence-electron chi connectivity index (χ4n) is 0.958. The Morgan fingerprint density at radius 2 is 1.82 bits per heavy atom. The number of hydrogen-bond acceptors (Lipinski definition) is 2. The first-order chi connectivity index (χ1) is 5.09. The van der Waals surface area contributed by atoms with Crippen molar-refractivity contribution in [2.45, 2.75) is 20.8 Å². The number of aromatic nitrogens is 2. The van der Waals surface area contributed by atoms with E-state index >= 15 is 0 Å². The van der Waals surface area contributed by atoms with E-state index < -0.39 is 0 Å². The van der Waals surface area contributed by atoms with E-state index in [1.54, 1.807) is 12.4 Å². The van der Waals surface area contributed by atoms with E-state index in [0.29, 0.717) is 0 Å². The van der Waals surface area contributed by atoms with Gasteiger partial charge in [0.15, 0.2) is 12.4 Å². The Labute approximate surface area is 65.7 Å². The first-order valence-corrected chi connectivity index (χ1v) is 3.47. The van der Waals surface area contributed by atoms with Gasteiger partial charge in [-0.25, -0.2) is 9.78 Å². The lowest BCUT2D eigenvalue weighted by Crippen LogP contribution is -2.40. The van der Waals surface area contributed by atoms with Crippen molar-refractivity contribution in [3.8, 4) is 0 Å². The molecule has 0 saturated carbocycles. The van der Waals surface area contributed by atoms with Gasteiger partial charge in [-0.05, 0) is 13.8 Å². The summed E-state index contributed by atoms with van der Waals surface area (Å²) in [4.78, 5) is 15.0. The van der Waals surface area contributed by atoms with Crippen molar-refractivity contribution in [1.29, 1.82) is 0 Å². The van der Waals surface area contributed by atoms with Crippen molar-refractivity contribution in [3.63, 3.8) is 0 Å². The van der Waals surface area contributed by atoms with Gasteiger partial charge in [-0.2, -0.15) is 0 Å². The second kappa shape index (κ2) is 2.78. The normalized spacial score (nSPS) is 9.73. The van der Waals surface area contributed by atoms with Crippen LogP contribution in [0.15, 0.2) is 12.4 Å². The van der Waals surface area contributed by atoms with Crippen LogP contribution in [0.3, 0.4) is 0 Å². The molecule has 1 rings (SSSR count). The fraction of sp³-hybridized carbons (Fsp3) is 0.375. The van der Waals surface area contributed by atoms with Crippen LogP contribution in [0.4, 0.5) is 0 Å². The van der Waals surface area contributed by atoms with E-state index in [0.717, 1.165) is 11.4 Å². The first-order valence-electron chi connectivity index (χ1n) is 3.47. The van der Waals surface area contributed by atoms with E-state index in [4.69, 9.17) is 0 Å². The van der Waals surface area contributed by atoms with E-state index in [2.05, 4.69) is 4.98 Å². The molecule has 1 aromatic rings. The first kappa shape index (κ1) is 7.85. The summed E-state index contributed by atoms with van der Waals surface area (Å²) in [7, 11) is 0. The Hall–Kier alpha value is -1.25. The molecule has 1 heterocycles. The van der Waals surface area contributed by atoms with Crippen LogP contribution < -0.4 is 4.57 Å². The SMILES string of the molecule is CC(=O)[n+]1cc(C)nc(C)c1. The number of aryl methyl sites for hydroxylation is 2.